The monoisotopic (exact) mass is 320 g/mol. The van der Waals surface area contributed by atoms with Crippen molar-refractivity contribution < 1.29 is 9.53 Å². The van der Waals surface area contributed by atoms with Crippen molar-refractivity contribution in [2.24, 2.45) is 0 Å². The molecule has 1 aliphatic heterocycles. The lowest BCUT2D eigenvalue weighted by Gasteiger charge is -2.19. The van der Waals surface area contributed by atoms with Gasteiger partial charge in [-0.2, -0.15) is 5.26 Å². The third-order valence-corrected chi connectivity index (χ3v) is 4.22. The van der Waals surface area contributed by atoms with Crippen LogP contribution in [0.1, 0.15) is 48.1 Å². The van der Waals surface area contributed by atoms with Crippen LogP contribution in [0, 0.1) is 11.3 Å². The average Bonchev–Trinajstić information content (AvgIpc) is 2.87. The van der Waals surface area contributed by atoms with E-state index in [2.05, 4.69) is 13.0 Å². The number of carbonyl (C=O) groups excluding carboxylic acids is 1. The summed E-state index contributed by atoms with van der Waals surface area (Å²) in [6.45, 7) is 2.74. The molecular formula is C20H20N2O2. The molecule has 4 nitrogen and oxygen atoms in total. The summed E-state index contributed by atoms with van der Waals surface area (Å²) in [4.78, 5) is 14.2. The van der Waals surface area contributed by atoms with E-state index in [4.69, 9.17) is 4.74 Å². The second-order valence-electron chi connectivity index (χ2n) is 5.90. The normalized spacial score (nSPS) is 15.9. The minimum atomic E-state index is -0.524. The molecule has 0 radical (unpaired) electrons. The average molecular weight is 320 g/mol. The molecule has 2 aromatic carbocycles. The largest absolute Gasteiger partial charge is 0.457 e. The Bertz CT molecular complexity index is 765. The summed E-state index contributed by atoms with van der Waals surface area (Å²) in [5.41, 5.74) is 1.35. The van der Waals surface area contributed by atoms with Gasteiger partial charge in [0.05, 0.1) is 6.07 Å². The molecule has 0 N–H and O–H groups in total. The molecule has 0 saturated heterocycles. The van der Waals surface area contributed by atoms with Crippen molar-refractivity contribution in [3.05, 3.63) is 59.7 Å². The summed E-state index contributed by atoms with van der Waals surface area (Å²) in [6.07, 6.45) is 3.06. The quantitative estimate of drug-likeness (QED) is 0.726. The number of rotatable bonds is 6. The van der Waals surface area contributed by atoms with Crippen molar-refractivity contribution in [2.45, 2.75) is 32.2 Å². The van der Waals surface area contributed by atoms with E-state index in [9.17, 15) is 10.1 Å². The minimum absolute atomic E-state index is 0.0566. The van der Waals surface area contributed by atoms with Crippen molar-refractivity contribution in [3.8, 4) is 17.6 Å². The molecule has 1 atom stereocenters. The number of hydrogen-bond acceptors (Lipinski definition) is 3. The molecule has 0 aromatic heterocycles. The van der Waals surface area contributed by atoms with Crippen LogP contribution in [0.4, 0.5) is 0 Å². The Labute approximate surface area is 142 Å². The first kappa shape index (κ1) is 16.1. The van der Waals surface area contributed by atoms with E-state index in [1.54, 1.807) is 17.0 Å². The smallest absolute Gasteiger partial charge is 0.255 e. The van der Waals surface area contributed by atoms with E-state index in [1.807, 2.05) is 36.4 Å². The second kappa shape index (κ2) is 7.18. The topological polar surface area (TPSA) is 53.3 Å². The van der Waals surface area contributed by atoms with Crippen LogP contribution in [-0.2, 0) is 0 Å². The maximum Gasteiger partial charge on any atom is 0.255 e. The molecule has 0 aliphatic carbocycles. The van der Waals surface area contributed by atoms with E-state index in [0.29, 0.717) is 17.9 Å². The molecular weight excluding hydrogens is 300 g/mol. The standard InChI is InChI=1S/C20H20N2O2/c1-2-3-7-12-22-19(14-21)18-13-16(10-11-17(18)20(22)23)24-15-8-5-4-6-9-15/h4-6,8-11,13,19H,2-3,7,12H2,1H3. The Morgan fingerprint density at radius 2 is 1.92 bits per heavy atom. The fraction of sp³-hybridized carbons (Fsp3) is 0.300. The van der Waals surface area contributed by atoms with Crippen LogP contribution in [-0.4, -0.2) is 17.4 Å². The number of benzene rings is 2. The number of para-hydroxylation sites is 1. The van der Waals surface area contributed by atoms with E-state index in [0.717, 1.165) is 30.6 Å². The third-order valence-electron chi connectivity index (χ3n) is 4.22. The first-order valence-corrected chi connectivity index (χ1v) is 8.32. The SMILES string of the molecule is CCCCCN1C(=O)c2ccc(Oc3ccccc3)cc2C1C#N. The van der Waals surface area contributed by atoms with Crippen LogP contribution in [0.25, 0.3) is 0 Å². The summed E-state index contributed by atoms with van der Waals surface area (Å²) < 4.78 is 5.83. The highest BCUT2D eigenvalue weighted by molar-refractivity contribution is 5.99. The van der Waals surface area contributed by atoms with Gasteiger partial charge in [0.2, 0.25) is 0 Å². The Balaban J connectivity index is 1.84. The number of fused-ring (bicyclic) bond motifs is 1. The predicted molar refractivity (Wildman–Crippen MR) is 91.9 cm³/mol. The van der Waals surface area contributed by atoms with E-state index in [-0.39, 0.29) is 5.91 Å². The minimum Gasteiger partial charge on any atom is -0.457 e. The molecule has 1 heterocycles. The highest BCUT2D eigenvalue weighted by atomic mass is 16.5. The van der Waals surface area contributed by atoms with Gasteiger partial charge >= 0.3 is 0 Å². The maximum atomic E-state index is 12.6. The van der Waals surface area contributed by atoms with Gasteiger partial charge in [-0.1, -0.05) is 38.0 Å². The van der Waals surface area contributed by atoms with Gasteiger partial charge in [0, 0.05) is 17.7 Å². The van der Waals surface area contributed by atoms with Crippen LogP contribution in [0.3, 0.4) is 0 Å². The van der Waals surface area contributed by atoms with Gasteiger partial charge in [-0.25, -0.2) is 0 Å². The second-order valence-corrected chi connectivity index (χ2v) is 5.90. The fourth-order valence-electron chi connectivity index (χ4n) is 2.99. The summed E-state index contributed by atoms with van der Waals surface area (Å²) in [5, 5.41) is 9.55. The first-order chi connectivity index (χ1) is 11.7. The number of carbonyl (C=O) groups is 1. The zero-order valence-electron chi connectivity index (χ0n) is 13.7. The van der Waals surface area contributed by atoms with Gasteiger partial charge < -0.3 is 9.64 Å². The van der Waals surface area contributed by atoms with Crippen LogP contribution in [0.15, 0.2) is 48.5 Å². The third kappa shape index (κ3) is 3.11. The Morgan fingerprint density at radius 3 is 2.62 bits per heavy atom. The molecule has 1 aliphatic rings. The number of unbranched alkanes of at least 4 members (excludes halogenated alkanes) is 2. The van der Waals surface area contributed by atoms with Crippen LogP contribution in [0.2, 0.25) is 0 Å². The van der Waals surface area contributed by atoms with Crippen molar-refractivity contribution in [1.82, 2.24) is 4.90 Å². The number of hydrogen-bond donors (Lipinski definition) is 0. The Kier molecular flexibility index (Phi) is 4.81. The molecule has 3 rings (SSSR count). The highest BCUT2D eigenvalue weighted by Crippen LogP contribution is 2.36. The van der Waals surface area contributed by atoms with Crippen molar-refractivity contribution in [3.63, 3.8) is 0 Å². The van der Waals surface area contributed by atoms with Gasteiger partial charge in [0.1, 0.15) is 17.5 Å². The van der Waals surface area contributed by atoms with Crippen LogP contribution < -0.4 is 4.74 Å². The summed E-state index contributed by atoms with van der Waals surface area (Å²) in [6, 6.07) is 16.6. The van der Waals surface area contributed by atoms with Crippen molar-refractivity contribution >= 4 is 5.91 Å². The molecule has 0 saturated carbocycles. The maximum absolute atomic E-state index is 12.6. The molecule has 2 aromatic rings. The lowest BCUT2D eigenvalue weighted by Crippen LogP contribution is -2.28. The Morgan fingerprint density at radius 1 is 1.12 bits per heavy atom. The summed E-state index contributed by atoms with van der Waals surface area (Å²) in [7, 11) is 0. The van der Waals surface area contributed by atoms with Crippen molar-refractivity contribution in [2.75, 3.05) is 6.54 Å². The highest BCUT2D eigenvalue weighted by Gasteiger charge is 2.36. The first-order valence-electron chi connectivity index (χ1n) is 8.32. The number of ether oxygens (including phenoxy) is 1. The lowest BCUT2D eigenvalue weighted by molar-refractivity contribution is 0.0754. The lowest BCUT2D eigenvalue weighted by atomic mass is 10.1. The fourth-order valence-corrected chi connectivity index (χ4v) is 2.99. The molecule has 0 bridgehead atoms. The molecule has 0 fully saturated rings. The zero-order chi connectivity index (χ0) is 16.9. The Hall–Kier alpha value is -2.80. The molecule has 24 heavy (non-hydrogen) atoms. The van der Waals surface area contributed by atoms with Crippen LogP contribution in [0.5, 0.6) is 11.5 Å². The molecule has 0 spiro atoms. The van der Waals surface area contributed by atoms with Gasteiger partial charge in [-0.15, -0.1) is 0 Å². The number of amides is 1. The zero-order valence-corrected chi connectivity index (χ0v) is 13.7. The molecule has 1 unspecified atom stereocenters. The van der Waals surface area contributed by atoms with Crippen molar-refractivity contribution in [1.29, 1.82) is 5.26 Å². The molecule has 122 valence electrons. The van der Waals surface area contributed by atoms with E-state index >= 15 is 0 Å². The number of nitrogens with zero attached hydrogens (tertiary/aromatic N) is 2. The van der Waals surface area contributed by atoms with Gasteiger partial charge in [-0.05, 0) is 36.8 Å². The molecule has 1 amide bonds. The number of nitriles is 1. The molecule has 4 heteroatoms. The summed E-state index contributed by atoms with van der Waals surface area (Å²) in [5.74, 6) is 1.32. The van der Waals surface area contributed by atoms with E-state index in [1.165, 1.54) is 0 Å². The van der Waals surface area contributed by atoms with Crippen LogP contribution >= 0.6 is 0 Å². The predicted octanol–water partition coefficient (Wildman–Crippen LogP) is 4.69. The van der Waals surface area contributed by atoms with Gasteiger partial charge in [0.25, 0.3) is 5.91 Å². The van der Waals surface area contributed by atoms with Gasteiger partial charge in [-0.3, -0.25) is 4.79 Å². The summed E-state index contributed by atoms with van der Waals surface area (Å²) >= 11 is 0. The van der Waals surface area contributed by atoms with E-state index < -0.39 is 6.04 Å². The van der Waals surface area contributed by atoms with Gasteiger partial charge in [0.15, 0.2) is 0 Å².